The number of fused-ring (bicyclic) bond motifs is 1. The van der Waals surface area contributed by atoms with Crippen LogP contribution in [0.1, 0.15) is 96.9 Å². The molecule has 1 heterocycles. The van der Waals surface area contributed by atoms with Crippen molar-refractivity contribution >= 4 is 28.6 Å². The van der Waals surface area contributed by atoms with Crippen molar-refractivity contribution in [2.24, 2.45) is 16.7 Å². The van der Waals surface area contributed by atoms with Gasteiger partial charge in [0.05, 0.1) is 29.6 Å². The van der Waals surface area contributed by atoms with Crippen molar-refractivity contribution in [3.8, 4) is 0 Å². The van der Waals surface area contributed by atoms with Gasteiger partial charge in [-0.15, -0.1) is 0 Å². The Morgan fingerprint density at radius 1 is 0.861 bits per heavy atom. The van der Waals surface area contributed by atoms with Gasteiger partial charge in [0.1, 0.15) is 6.23 Å². The van der Waals surface area contributed by atoms with Crippen LogP contribution in [-0.2, 0) is 27.9 Å². The van der Waals surface area contributed by atoms with E-state index in [0.29, 0.717) is 43.8 Å². The molecule has 2 rings (SSSR count). The Bertz CT molecular complexity index is 659. The van der Waals surface area contributed by atoms with Crippen LogP contribution in [0, 0.1) is 16.7 Å². The van der Waals surface area contributed by atoms with E-state index in [2.05, 4.69) is 32.7 Å². The molecule has 36 heavy (non-hydrogen) atoms. The summed E-state index contributed by atoms with van der Waals surface area (Å²) in [5, 5.41) is 0. The number of hydrogen-bond acceptors (Lipinski definition) is 6. The summed E-state index contributed by atoms with van der Waals surface area (Å²) >= 11 is 0. The van der Waals surface area contributed by atoms with Gasteiger partial charge in [0.25, 0.3) is 0 Å². The Labute approximate surface area is 227 Å². The van der Waals surface area contributed by atoms with Crippen LogP contribution in [0.4, 0.5) is 0 Å². The second kappa shape index (κ2) is 15.6. The summed E-state index contributed by atoms with van der Waals surface area (Å²) in [6.45, 7) is 18.6. The molecule has 2 aliphatic rings. The summed E-state index contributed by atoms with van der Waals surface area (Å²) < 4.78 is 23.3. The maximum absolute atomic E-state index is 13.0. The minimum Gasteiger partial charge on any atom is -0.466 e. The Balaban J connectivity index is -0.00000102. The lowest BCUT2D eigenvalue weighted by atomic mass is 9.72. The quantitative estimate of drug-likeness (QED) is 0.146. The molecule has 0 radical (unpaired) electrons. The first-order valence-electron chi connectivity index (χ1n) is 11.8. The zero-order chi connectivity index (χ0) is 23.7. The van der Waals surface area contributed by atoms with Gasteiger partial charge in [-0.1, -0.05) is 44.1 Å². The molecule has 0 aromatic carbocycles. The summed E-state index contributed by atoms with van der Waals surface area (Å²) in [5.74, 6) is -0.110. The minimum absolute atomic E-state index is 0. The Hall–Kier alpha value is -0.706. The Kier molecular flexibility index (Phi) is 18.4. The third kappa shape index (κ3) is 12.7. The van der Waals surface area contributed by atoms with E-state index >= 15 is 0 Å². The van der Waals surface area contributed by atoms with E-state index < -0.39 is 27.5 Å². The molecule has 0 bridgehead atoms. The number of hydrogen-bond donors (Lipinski definition) is 0. The fourth-order valence-electron chi connectivity index (χ4n) is 4.69. The molecule has 0 aromatic rings. The van der Waals surface area contributed by atoms with Crippen LogP contribution in [0.15, 0.2) is 0 Å². The summed E-state index contributed by atoms with van der Waals surface area (Å²) in [6.07, 6.45) is 5.26. The molecule has 1 aliphatic carbocycles. The molecule has 0 aromatic heterocycles. The second-order valence-corrected chi connectivity index (χ2v) is 20.9. The van der Waals surface area contributed by atoms with Gasteiger partial charge < -0.3 is 18.3 Å². The molecule has 4 atom stereocenters. The van der Waals surface area contributed by atoms with Crippen molar-refractivity contribution in [2.75, 3.05) is 12.8 Å². The van der Waals surface area contributed by atoms with Crippen molar-refractivity contribution in [3.05, 3.63) is 0 Å². The van der Waals surface area contributed by atoms with E-state index in [4.69, 9.17) is 18.3 Å². The largest absolute Gasteiger partial charge is 0.466 e. The normalized spacial score (nSPS) is 22.3. The average molecular weight is 553 g/mol. The van der Waals surface area contributed by atoms with E-state index in [9.17, 15) is 9.59 Å². The lowest BCUT2D eigenvalue weighted by Crippen LogP contribution is -2.47. The van der Waals surface area contributed by atoms with Gasteiger partial charge in [-0.05, 0) is 91.5 Å². The second-order valence-electron chi connectivity index (χ2n) is 12.0. The van der Waals surface area contributed by atoms with Crippen LogP contribution in [0.25, 0.3) is 0 Å². The van der Waals surface area contributed by atoms with E-state index in [1.54, 1.807) is 0 Å². The molecule has 220 valence electrons. The smallest absolute Gasteiger partial charge is 0.311 e. The third-order valence-electron chi connectivity index (χ3n) is 6.35. The van der Waals surface area contributed by atoms with Gasteiger partial charge in [0, 0.05) is 0 Å². The first-order chi connectivity index (χ1) is 14.1. The Morgan fingerprint density at radius 3 is 1.89 bits per heavy atom. The lowest BCUT2D eigenvalue weighted by Gasteiger charge is -2.35. The Morgan fingerprint density at radius 2 is 1.42 bits per heavy atom. The van der Waals surface area contributed by atoms with Gasteiger partial charge in [-0.25, -0.2) is 0 Å². The summed E-state index contributed by atoms with van der Waals surface area (Å²) in [6, 6.07) is 0. The zero-order valence-electron chi connectivity index (χ0n) is 21.1. The summed E-state index contributed by atoms with van der Waals surface area (Å²) in [5.41, 5.74) is -1.51. The molecule has 0 amide bonds. The molecule has 8 heteroatoms. The molecule has 0 N–H and O–H groups in total. The van der Waals surface area contributed by atoms with E-state index in [1.807, 2.05) is 27.7 Å². The molecule has 2 fully saturated rings. The number of esters is 2. The third-order valence-corrected chi connectivity index (χ3v) is 11.9. The maximum Gasteiger partial charge on any atom is 0.311 e. The van der Waals surface area contributed by atoms with Crippen molar-refractivity contribution < 1.29 is 27.9 Å². The van der Waals surface area contributed by atoms with E-state index in [1.165, 1.54) is 0 Å². The van der Waals surface area contributed by atoms with Crippen molar-refractivity contribution in [2.45, 2.75) is 142 Å². The van der Waals surface area contributed by atoms with Crippen molar-refractivity contribution in [1.82, 2.24) is 0 Å². The fourth-order valence-corrected chi connectivity index (χ4v) is 12.0. The molecule has 6 nitrogen and oxygen atoms in total. The van der Waals surface area contributed by atoms with Crippen molar-refractivity contribution in [3.63, 3.8) is 0 Å². The first kappa shape index (κ1) is 42.4. The highest BCUT2D eigenvalue weighted by Gasteiger charge is 2.46. The maximum atomic E-state index is 13.0. The monoisotopic (exact) mass is 552 g/mol. The van der Waals surface area contributed by atoms with Gasteiger partial charge in [0.2, 0.25) is 8.32 Å². The lowest BCUT2D eigenvalue weighted by molar-refractivity contribution is -0.163. The van der Waals surface area contributed by atoms with Crippen LogP contribution in [0.3, 0.4) is 0 Å². The number of carbonyl (C=O) groups is 2. The number of rotatable bonds is 11. The van der Waals surface area contributed by atoms with E-state index in [0.717, 1.165) is 19.3 Å². The zero-order valence-corrected chi connectivity index (χ0v) is 23.1. The number of ether oxygens (including phenoxy) is 3. The summed E-state index contributed by atoms with van der Waals surface area (Å²) in [7, 11) is -3.78. The summed E-state index contributed by atoms with van der Waals surface area (Å²) in [4.78, 5) is 25.9. The average Bonchev–Trinajstić information content (AvgIpc) is 3.40. The topological polar surface area (TPSA) is 74.4 Å². The fraction of sp³-hybridized carbons (Fsp3) is 0.929. The van der Waals surface area contributed by atoms with Gasteiger partial charge >= 0.3 is 11.9 Å². The number of epoxide rings is 1. The highest BCUT2D eigenvalue weighted by atomic mass is 28.4. The van der Waals surface area contributed by atoms with Gasteiger partial charge in [0.15, 0.2) is 8.32 Å². The van der Waals surface area contributed by atoms with Crippen LogP contribution < -0.4 is 0 Å². The molecule has 0 spiro atoms. The molecular formula is C28H64O6Si2. The van der Waals surface area contributed by atoms with Crippen LogP contribution in [0.5, 0.6) is 0 Å². The minimum atomic E-state index is -2.09. The number of carbonyl (C=O) groups excluding carboxylic acids is 2. The van der Waals surface area contributed by atoms with Crippen molar-refractivity contribution in [1.29, 1.82) is 0 Å². The van der Waals surface area contributed by atoms with Crippen LogP contribution in [-0.4, -0.2) is 53.6 Å². The SMILES string of the molecule is C.C.C.C.C.CCC(C)(CC(C)(C)C(=O)OC[Si](C)(C)O[Si](C)(C)C)C(=O)OCC1CCC2OC2C1. The highest BCUT2D eigenvalue weighted by Crippen LogP contribution is 2.41. The predicted octanol–water partition coefficient (Wildman–Crippen LogP) is 8.25. The molecular weight excluding hydrogens is 488 g/mol. The van der Waals surface area contributed by atoms with E-state index in [-0.39, 0.29) is 49.1 Å². The highest BCUT2D eigenvalue weighted by molar-refractivity contribution is 6.84. The predicted molar refractivity (Wildman–Crippen MR) is 160 cm³/mol. The first-order valence-corrected chi connectivity index (χ1v) is 18.3. The van der Waals surface area contributed by atoms with Gasteiger partial charge in [-0.2, -0.15) is 0 Å². The standard InChI is InChI=1S/C23H44O6Si2.5CH4/c1-10-23(4,21(25)26-14-17-11-12-18-19(13-17)28-18)15-22(2,3)20(24)27-16-31(8,9)29-30(5,6)7;;;;;/h17-19H,10-16H2,1-9H3;5*1H4. The molecule has 1 saturated carbocycles. The van der Waals surface area contributed by atoms with Gasteiger partial charge in [-0.3, -0.25) is 9.59 Å². The molecule has 1 saturated heterocycles. The van der Waals surface area contributed by atoms with Crippen LogP contribution in [0.2, 0.25) is 32.7 Å². The molecule has 4 unspecified atom stereocenters. The van der Waals surface area contributed by atoms with Crippen LogP contribution >= 0.6 is 0 Å². The molecule has 1 aliphatic heterocycles.